The number of hydrogen-bond donors (Lipinski definition) is 0. The van der Waals surface area contributed by atoms with Crippen molar-refractivity contribution in [2.24, 2.45) is 40.4 Å². The quantitative estimate of drug-likeness (QED) is 0.236. The number of fused-ring (bicyclic) bond motifs is 4. The normalized spacial score (nSPS) is 42.5. The number of esters is 1. The van der Waals surface area contributed by atoms with Gasteiger partial charge in [0.1, 0.15) is 6.10 Å². The Kier molecular flexibility index (Phi) is 6.71. The summed E-state index contributed by atoms with van der Waals surface area (Å²) in [7, 11) is -2.15. The van der Waals surface area contributed by atoms with Crippen LogP contribution < -0.4 is 5.19 Å². The van der Waals surface area contributed by atoms with Crippen LogP contribution in [0, 0.1) is 40.4 Å². The predicted octanol–water partition coefficient (Wildman–Crippen LogP) is 5.70. The summed E-state index contributed by atoms with van der Waals surface area (Å²) >= 11 is 0. The molecule has 43 heavy (non-hydrogen) atoms. The highest BCUT2D eigenvalue weighted by Gasteiger charge is 2.80. The second-order valence-electron chi connectivity index (χ2n) is 15.4. The van der Waals surface area contributed by atoms with E-state index in [1.165, 1.54) is 17.3 Å². The molecule has 1 spiro atoms. The molecule has 0 amide bonds. The molecule has 0 bridgehead atoms. The average molecular weight is 603 g/mol. The number of hydrogen-bond acceptors (Lipinski definition) is 6. The van der Waals surface area contributed by atoms with Gasteiger partial charge in [-0.2, -0.15) is 0 Å². The van der Waals surface area contributed by atoms with Crippen LogP contribution in [-0.2, 0) is 28.3 Å². The summed E-state index contributed by atoms with van der Waals surface area (Å²) in [4.78, 5) is 39.8. The summed E-state index contributed by atoms with van der Waals surface area (Å²) in [6.07, 6.45) is 8.51. The van der Waals surface area contributed by atoms with Gasteiger partial charge in [0.15, 0.2) is 17.2 Å². The van der Waals surface area contributed by atoms with Crippen molar-refractivity contribution in [3.8, 4) is 0 Å². The van der Waals surface area contributed by atoms with E-state index in [4.69, 9.17) is 13.9 Å². The third-order valence-corrected chi connectivity index (χ3v) is 15.9. The lowest BCUT2D eigenvalue weighted by atomic mass is 9.44. The lowest BCUT2D eigenvalue weighted by Gasteiger charge is -2.57. The lowest BCUT2D eigenvalue weighted by molar-refractivity contribution is -0.155. The van der Waals surface area contributed by atoms with Crippen LogP contribution in [0.15, 0.2) is 53.6 Å². The largest absolute Gasteiger partial charge is 0.458 e. The van der Waals surface area contributed by atoms with E-state index >= 15 is 0 Å². The highest BCUT2D eigenvalue weighted by molar-refractivity contribution is 6.84. The van der Waals surface area contributed by atoms with Gasteiger partial charge in [0.25, 0.3) is 0 Å². The molecule has 0 aromatic heterocycles. The van der Waals surface area contributed by atoms with E-state index in [9.17, 15) is 14.4 Å². The van der Waals surface area contributed by atoms with Crippen LogP contribution in [0.3, 0.4) is 0 Å². The second kappa shape index (κ2) is 9.82. The first-order valence-corrected chi connectivity index (χ1v) is 19.3. The summed E-state index contributed by atoms with van der Waals surface area (Å²) in [6, 6.07) is 10.3. The zero-order valence-corrected chi connectivity index (χ0v) is 27.5. The van der Waals surface area contributed by atoms with Gasteiger partial charge in [-0.1, -0.05) is 49.8 Å². The Balaban J connectivity index is 1.06. The van der Waals surface area contributed by atoms with Crippen molar-refractivity contribution >= 4 is 31.0 Å². The maximum absolute atomic E-state index is 13.4. The standard InChI is InChI=1S/C36H46O6Si/c1-21-18-29(41-33(39)25(21)20-40-43(5,6)23-10-8-7-9-11-23)22(2)26-12-13-27-24-19-32-36(42-32)31(38)15-14-30(37)35(36,4)28(24)16-17-34(26,27)3/h7-11,14-15,22,24,26-29,32H,12-13,16-20H2,1-6H3/t22-,24-,26+,27-,28-,29+,32+,34+,35-,36+/m0/s1. The monoisotopic (exact) mass is 602 g/mol. The van der Waals surface area contributed by atoms with E-state index in [-0.39, 0.29) is 47.0 Å². The molecule has 3 saturated carbocycles. The highest BCUT2D eigenvalue weighted by Crippen LogP contribution is 2.72. The number of ether oxygens (including phenoxy) is 2. The van der Waals surface area contributed by atoms with Crippen LogP contribution in [0.1, 0.15) is 66.2 Å². The van der Waals surface area contributed by atoms with Gasteiger partial charge in [-0.15, -0.1) is 0 Å². The van der Waals surface area contributed by atoms with Crippen molar-refractivity contribution in [2.75, 3.05) is 6.61 Å². The van der Waals surface area contributed by atoms with Crippen molar-refractivity contribution in [3.05, 3.63) is 53.6 Å². The molecule has 230 valence electrons. The molecule has 6 aliphatic rings. The molecule has 1 aromatic rings. The Labute approximate surface area is 256 Å². The molecule has 0 N–H and O–H groups in total. The number of epoxide rings is 1. The van der Waals surface area contributed by atoms with Crippen LogP contribution >= 0.6 is 0 Å². The number of allylic oxidation sites excluding steroid dienone is 1. The number of benzene rings is 1. The van der Waals surface area contributed by atoms with E-state index < -0.39 is 19.3 Å². The summed E-state index contributed by atoms with van der Waals surface area (Å²) < 4.78 is 18.8. The molecule has 7 heteroatoms. The fourth-order valence-electron chi connectivity index (χ4n) is 10.7. The minimum Gasteiger partial charge on any atom is -0.458 e. The van der Waals surface area contributed by atoms with Gasteiger partial charge in [-0.3, -0.25) is 9.59 Å². The first-order chi connectivity index (χ1) is 20.3. The molecule has 6 nitrogen and oxygen atoms in total. The Morgan fingerprint density at radius 1 is 1.00 bits per heavy atom. The Morgan fingerprint density at radius 2 is 1.72 bits per heavy atom. The molecule has 7 rings (SSSR count). The number of ketones is 2. The van der Waals surface area contributed by atoms with Gasteiger partial charge in [-0.25, -0.2) is 4.79 Å². The molecule has 0 radical (unpaired) electrons. The third kappa shape index (κ3) is 4.06. The minimum atomic E-state index is -2.15. The van der Waals surface area contributed by atoms with Gasteiger partial charge in [-0.05, 0) is 111 Å². The molecule has 2 heterocycles. The van der Waals surface area contributed by atoms with E-state index in [0.29, 0.717) is 29.9 Å². The van der Waals surface area contributed by atoms with Crippen LogP contribution in [0.2, 0.25) is 13.1 Å². The lowest BCUT2D eigenvalue weighted by Crippen LogP contribution is -2.62. The first-order valence-electron chi connectivity index (χ1n) is 16.4. The zero-order valence-electron chi connectivity index (χ0n) is 26.5. The smallest absolute Gasteiger partial charge is 0.336 e. The van der Waals surface area contributed by atoms with Crippen molar-refractivity contribution in [1.82, 2.24) is 0 Å². The first kappa shape index (κ1) is 29.4. The molecular weight excluding hydrogens is 556 g/mol. The van der Waals surface area contributed by atoms with Gasteiger partial charge >= 0.3 is 5.97 Å². The Hall–Kier alpha value is -2.35. The zero-order chi connectivity index (χ0) is 30.5. The molecular formula is C36H46O6Si. The molecule has 1 saturated heterocycles. The van der Waals surface area contributed by atoms with Crippen LogP contribution in [0.25, 0.3) is 0 Å². The van der Waals surface area contributed by atoms with Gasteiger partial charge in [0.2, 0.25) is 8.32 Å². The van der Waals surface area contributed by atoms with E-state index in [2.05, 4.69) is 46.0 Å². The Bertz CT molecular complexity index is 1430. The summed E-state index contributed by atoms with van der Waals surface area (Å²) in [5, 5.41) is 1.21. The maximum Gasteiger partial charge on any atom is 0.336 e. The van der Waals surface area contributed by atoms with Crippen molar-refractivity contribution in [1.29, 1.82) is 0 Å². The number of carbonyl (C=O) groups is 3. The van der Waals surface area contributed by atoms with Crippen molar-refractivity contribution in [3.63, 3.8) is 0 Å². The number of rotatable bonds is 6. The SMILES string of the molecule is CC1=C(CO[Si](C)(C)c2ccccc2)C(=O)O[C@@H]([C@@H](C)[C@H]2CC[C@H]3[C@@H]4C[C@H]5O[C@]56C(=O)C=CC(=O)[C@]6(C)[C@H]4CC[C@]23C)C1. The van der Waals surface area contributed by atoms with E-state index in [1.807, 2.05) is 25.1 Å². The highest BCUT2D eigenvalue weighted by atomic mass is 28.4. The number of cyclic esters (lactones) is 1. The average Bonchev–Trinajstić information content (AvgIpc) is 3.61. The molecule has 10 atom stereocenters. The minimum absolute atomic E-state index is 0.0115. The van der Waals surface area contributed by atoms with Crippen molar-refractivity contribution < 1.29 is 28.3 Å². The summed E-state index contributed by atoms with van der Waals surface area (Å²) in [6.45, 7) is 13.5. The van der Waals surface area contributed by atoms with Crippen LogP contribution in [0.4, 0.5) is 0 Å². The third-order valence-electron chi connectivity index (χ3n) is 13.3. The molecule has 4 fully saturated rings. The fourth-order valence-corrected chi connectivity index (χ4v) is 12.3. The van der Waals surface area contributed by atoms with Gasteiger partial charge in [0, 0.05) is 6.42 Å². The Morgan fingerprint density at radius 3 is 2.44 bits per heavy atom. The number of carbonyl (C=O) groups excluding carboxylic acids is 3. The molecule has 1 aromatic carbocycles. The van der Waals surface area contributed by atoms with Gasteiger partial charge in [0.05, 0.1) is 23.7 Å². The molecule has 2 aliphatic heterocycles. The summed E-state index contributed by atoms with van der Waals surface area (Å²) in [5.74, 6) is 1.54. The molecule has 0 unspecified atom stereocenters. The van der Waals surface area contributed by atoms with E-state index in [1.54, 1.807) is 0 Å². The summed E-state index contributed by atoms with van der Waals surface area (Å²) in [5.41, 5.74) is 0.210. The molecule has 4 aliphatic carbocycles. The second-order valence-corrected chi connectivity index (χ2v) is 19.3. The van der Waals surface area contributed by atoms with Crippen LogP contribution in [0.5, 0.6) is 0 Å². The van der Waals surface area contributed by atoms with E-state index in [0.717, 1.165) is 44.1 Å². The predicted molar refractivity (Wildman–Crippen MR) is 166 cm³/mol. The van der Waals surface area contributed by atoms with Crippen LogP contribution in [-0.4, -0.2) is 50.3 Å². The fraction of sp³-hybridized carbons (Fsp3) is 0.639. The topological polar surface area (TPSA) is 82.2 Å². The van der Waals surface area contributed by atoms with Gasteiger partial charge < -0.3 is 13.9 Å². The maximum atomic E-state index is 13.4. The van der Waals surface area contributed by atoms with Crippen molar-refractivity contribution in [2.45, 2.75) is 97.1 Å².